The molecule has 0 saturated carbocycles. The number of rotatable bonds is 3. The van der Waals surface area contributed by atoms with Crippen LogP contribution in [0.5, 0.6) is 0 Å². The maximum Gasteiger partial charge on any atom is 0.195 e. The number of nitrogens with two attached hydrogens (primary N) is 1. The summed E-state index contributed by atoms with van der Waals surface area (Å²) in [4.78, 5) is 0. The Morgan fingerprint density at radius 3 is 2.62 bits per heavy atom. The molecule has 0 spiro atoms. The monoisotopic (exact) mass is 200 g/mol. The molecule has 0 saturated heterocycles. The van der Waals surface area contributed by atoms with E-state index < -0.39 is 0 Å². The van der Waals surface area contributed by atoms with Gasteiger partial charge in [-0.2, -0.15) is 5.10 Å². The summed E-state index contributed by atoms with van der Waals surface area (Å²) in [5.74, 6) is 1.38. The number of nitrogens with zero attached hydrogens (tertiary/aromatic N) is 2. The quantitative estimate of drug-likeness (QED) is 0.729. The van der Waals surface area contributed by atoms with Gasteiger partial charge in [0.15, 0.2) is 4.77 Å². The molecule has 4 nitrogen and oxygen atoms in total. The van der Waals surface area contributed by atoms with E-state index in [-0.39, 0.29) is 6.04 Å². The number of H-pyrrole nitrogens is 1. The molecule has 1 rings (SSSR count). The molecule has 0 amide bonds. The zero-order valence-corrected chi connectivity index (χ0v) is 9.06. The molecule has 1 atom stereocenters. The van der Waals surface area contributed by atoms with E-state index in [1.807, 2.05) is 11.5 Å². The molecule has 1 aromatic rings. The first-order valence-electron chi connectivity index (χ1n) is 4.43. The maximum atomic E-state index is 5.75. The average molecular weight is 200 g/mol. The number of aromatic amines is 1. The molecule has 0 fully saturated rings. The summed E-state index contributed by atoms with van der Waals surface area (Å²) in [5.41, 5.74) is 5.75. The molecule has 0 aromatic carbocycles. The van der Waals surface area contributed by atoms with Gasteiger partial charge in [0.2, 0.25) is 0 Å². The van der Waals surface area contributed by atoms with Gasteiger partial charge in [-0.25, -0.2) is 0 Å². The minimum Gasteiger partial charge on any atom is -0.322 e. The van der Waals surface area contributed by atoms with Crippen LogP contribution in [0.2, 0.25) is 0 Å². The fourth-order valence-corrected chi connectivity index (χ4v) is 1.43. The number of aromatic nitrogens is 3. The lowest BCUT2D eigenvalue weighted by atomic mass is 10.2. The molecule has 5 heteroatoms. The number of hydrogen-bond donors (Lipinski definition) is 2. The lowest BCUT2D eigenvalue weighted by Gasteiger charge is -2.10. The van der Waals surface area contributed by atoms with Crippen LogP contribution in [-0.2, 0) is 6.54 Å². The Bertz CT molecular complexity index is 323. The highest BCUT2D eigenvalue weighted by Crippen LogP contribution is 2.09. The van der Waals surface area contributed by atoms with Crippen molar-refractivity contribution >= 4 is 12.2 Å². The second kappa shape index (κ2) is 4.02. The van der Waals surface area contributed by atoms with E-state index in [1.165, 1.54) is 0 Å². The molecule has 0 radical (unpaired) electrons. The Morgan fingerprint density at radius 1 is 1.54 bits per heavy atom. The predicted molar refractivity (Wildman–Crippen MR) is 54.9 cm³/mol. The summed E-state index contributed by atoms with van der Waals surface area (Å²) < 4.78 is 2.62. The topological polar surface area (TPSA) is 59.6 Å². The normalized spacial score (nSPS) is 13.6. The van der Waals surface area contributed by atoms with Crippen LogP contribution in [0, 0.1) is 10.7 Å². The minimum atomic E-state index is -0.0771. The molecule has 0 bridgehead atoms. The molecule has 0 unspecified atom stereocenters. The van der Waals surface area contributed by atoms with Crippen molar-refractivity contribution in [3.63, 3.8) is 0 Å². The first kappa shape index (κ1) is 10.4. The molecule has 0 aliphatic carbocycles. The van der Waals surface area contributed by atoms with E-state index in [4.69, 9.17) is 18.0 Å². The van der Waals surface area contributed by atoms with Gasteiger partial charge in [-0.1, -0.05) is 13.8 Å². The highest BCUT2D eigenvalue weighted by Gasteiger charge is 2.10. The Balaban J connectivity index is 3.02. The van der Waals surface area contributed by atoms with Gasteiger partial charge in [0.05, 0.1) is 6.04 Å². The van der Waals surface area contributed by atoms with Crippen LogP contribution < -0.4 is 5.73 Å². The minimum absolute atomic E-state index is 0.0771. The Morgan fingerprint density at radius 2 is 2.15 bits per heavy atom. The summed E-state index contributed by atoms with van der Waals surface area (Å²) in [6, 6.07) is -0.0771. The van der Waals surface area contributed by atoms with Crippen molar-refractivity contribution in [3.05, 3.63) is 10.6 Å². The fraction of sp³-hybridized carbons (Fsp3) is 0.750. The van der Waals surface area contributed by atoms with Crippen molar-refractivity contribution in [2.24, 2.45) is 11.7 Å². The SMILES string of the molecule is CC(C)Cn1c([C@H](C)N)n[nH]c1=S. The van der Waals surface area contributed by atoms with Crippen LogP contribution in [0.3, 0.4) is 0 Å². The van der Waals surface area contributed by atoms with E-state index in [9.17, 15) is 0 Å². The molecule has 13 heavy (non-hydrogen) atoms. The largest absolute Gasteiger partial charge is 0.322 e. The van der Waals surface area contributed by atoms with Gasteiger partial charge in [-0.15, -0.1) is 0 Å². The molecule has 0 aliphatic heterocycles. The second-order valence-electron chi connectivity index (χ2n) is 3.68. The zero-order valence-electron chi connectivity index (χ0n) is 8.24. The van der Waals surface area contributed by atoms with Crippen molar-refractivity contribution in [1.82, 2.24) is 14.8 Å². The van der Waals surface area contributed by atoms with Crippen molar-refractivity contribution in [2.45, 2.75) is 33.4 Å². The van der Waals surface area contributed by atoms with Crippen molar-refractivity contribution < 1.29 is 0 Å². The second-order valence-corrected chi connectivity index (χ2v) is 4.07. The van der Waals surface area contributed by atoms with Crippen molar-refractivity contribution in [1.29, 1.82) is 0 Å². The van der Waals surface area contributed by atoms with E-state index in [1.54, 1.807) is 0 Å². The molecule has 1 aromatic heterocycles. The standard InChI is InChI=1S/C8H16N4S/c1-5(2)4-12-7(6(3)9)10-11-8(12)13/h5-6H,4,9H2,1-3H3,(H,11,13)/t6-/m0/s1. The molecular weight excluding hydrogens is 184 g/mol. The van der Waals surface area contributed by atoms with Gasteiger partial charge < -0.3 is 10.3 Å². The number of hydrogen-bond acceptors (Lipinski definition) is 3. The lowest BCUT2D eigenvalue weighted by molar-refractivity contribution is 0.491. The summed E-state index contributed by atoms with van der Waals surface area (Å²) in [5, 5.41) is 6.85. The number of nitrogens with one attached hydrogen (secondary N) is 1. The highest BCUT2D eigenvalue weighted by molar-refractivity contribution is 7.71. The van der Waals surface area contributed by atoms with Gasteiger partial charge in [-0.05, 0) is 25.1 Å². The van der Waals surface area contributed by atoms with Gasteiger partial charge in [-0.3, -0.25) is 5.10 Å². The van der Waals surface area contributed by atoms with Crippen LogP contribution in [0.15, 0.2) is 0 Å². The van der Waals surface area contributed by atoms with Crippen LogP contribution in [0.25, 0.3) is 0 Å². The summed E-state index contributed by atoms with van der Waals surface area (Å²) >= 11 is 5.10. The zero-order chi connectivity index (χ0) is 10.0. The van der Waals surface area contributed by atoms with Crippen LogP contribution in [-0.4, -0.2) is 14.8 Å². The average Bonchev–Trinajstić information content (AvgIpc) is 2.32. The first-order valence-corrected chi connectivity index (χ1v) is 4.84. The third-order valence-corrected chi connectivity index (χ3v) is 2.05. The Labute approximate surface area is 83.1 Å². The predicted octanol–water partition coefficient (Wildman–Crippen LogP) is 1.62. The van der Waals surface area contributed by atoms with E-state index in [0.717, 1.165) is 12.4 Å². The van der Waals surface area contributed by atoms with Crippen LogP contribution in [0.1, 0.15) is 32.6 Å². The third kappa shape index (κ3) is 2.38. The lowest BCUT2D eigenvalue weighted by Crippen LogP contribution is -2.15. The van der Waals surface area contributed by atoms with Gasteiger partial charge in [0.25, 0.3) is 0 Å². The van der Waals surface area contributed by atoms with Crippen LogP contribution in [0.4, 0.5) is 0 Å². The molecule has 74 valence electrons. The maximum absolute atomic E-state index is 5.75. The molecule has 3 N–H and O–H groups in total. The molecule has 1 heterocycles. The summed E-state index contributed by atoms with van der Waals surface area (Å²) in [6.45, 7) is 7.05. The smallest absolute Gasteiger partial charge is 0.195 e. The van der Waals surface area contributed by atoms with Gasteiger partial charge in [0, 0.05) is 6.54 Å². The highest BCUT2D eigenvalue weighted by atomic mass is 32.1. The Hall–Kier alpha value is -0.680. The van der Waals surface area contributed by atoms with Crippen molar-refractivity contribution in [3.8, 4) is 0 Å². The summed E-state index contributed by atoms with van der Waals surface area (Å²) in [7, 11) is 0. The van der Waals surface area contributed by atoms with Crippen molar-refractivity contribution in [2.75, 3.05) is 0 Å². The first-order chi connectivity index (χ1) is 6.02. The van der Waals surface area contributed by atoms with Gasteiger partial charge >= 0.3 is 0 Å². The van der Waals surface area contributed by atoms with Gasteiger partial charge in [0.1, 0.15) is 5.82 Å². The van der Waals surface area contributed by atoms with E-state index >= 15 is 0 Å². The summed E-state index contributed by atoms with van der Waals surface area (Å²) in [6.07, 6.45) is 0. The third-order valence-electron chi connectivity index (χ3n) is 1.74. The molecular formula is C8H16N4S. The van der Waals surface area contributed by atoms with E-state index in [2.05, 4.69) is 24.0 Å². The van der Waals surface area contributed by atoms with Crippen LogP contribution >= 0.6 is 12.2 Å². The van der Waals surface area contributed by atoms with E-state index in [0.29, 0.717) is 10.7 Å². The Kier molecular flexibility index (Phi) is 3.22. The molecule has 0 aliphatic rings. The fourth-order valence-electron chi connectivity index (χ4n) is 1.22.